The quantitative estimate of drug-likeness (QED) is 0.838. The molecule has 1 aromatic heterocycles. The molecular formula is C18H24N4O2. The van der Waals surface area contributed by atoms with Gasteiger partial charge in [0.15, 0.2) is 0 Å². The van der Waals surface area contributed by atoms with E-state index in [1.165, 1.54) is 5.56 Å². The average molecular weight is 328 g/mol. The summed E-state index contributed by atoms with van der Waals surface area (Å²) in [6.45, 7) is 4.69. The fourth-order valence-electron chi connectivity index (χ4n) is 2.77. The lowest BCUT2D eigenvalue weighted by Gasteiger charge is -2.22. The van der Waals surface area contributed by atoms with Crippen LogP contribution in [0.3, 0.4) is 0 Å². The van der Waals surface area contributed by atoms with Gasteiger partial charge in [-0.1, -0.05) is 30.3 Å². The van der Waals surface area contributed by atoms with Crippen LogP contribution < -0.4 is 5.32 Å². The molecule has 2 N–H and O–H groups in total. The molecule has 0 bridgehead atoms. The highest BCUT2D eigenvalue weighted by Gasteiger charge is 2.18. The third-order valence-corrected chi connectivity index (χ3v) is 4.08. The van der Waals surface area contributed by atoms with E-state index in [9.17, 15) is 5.11 Å². The number of aliphatic hydroxyl groups excluding tert-OH is 1. The Bertz CT molecular complexity index is 606. The fraction of sp³-hybridized carbons (Fsp3) is 0.444. The number of nitrogens with one attached hydrogen (secondary N) is 1. The minimum absolute atomic E-state index is 0.162. The Morgan fingerprint density at radius 3 is 2.71 bits per heavy atom. The van der Waals surface area contributed by atoms with Crippen molar-refractivity contribution in [3.63, 3.8) is 0 Å². The van der Waals surface area contributed by atoms with Gasteiger partial charge in [0.05, 0.1) is 13.2 Å². The number of nitrogens with zero attached hydrogens (tertiary/aromatic N) is 3. The zero-order valence-corrected chi connectivity index (χ0v) is 13.8. The third kappa shape index (κ3) is 4.99. The number of hydrogen-bond acceptors (Lipinski definition) is 6. The van der Waals surface area contributed by atoms with Gasteiger partial charge in [0.25, 0.3) is 0 Å². The highest BCUT2D eigenvalue weighted by atomic mass is 16.5. The summed E-state index contributed by atoms with van der Waals surface area (Å²) in [6.07, 6.45) is 3.72. The largest absolute Gasteiger partial charge is 0.396 e. The van der Waals surface area contributed by atoms with Gasteiger partial charge in [-0.3, -0.25) is 4.90 Å². The van der Waals surface area contributed by atoms with E-state index >= 15 is 0 Å². The van der Waals surface area contributed by atoms with Crippen molar-refractivity contribution in [2.24, 2.45) is 5.92 Å². The summed E-state index contributed by atoms with van der Waals surface area (Å²) >= 11 is 0. The summed E-state index contributed by atoms with van der Waals surface area (Å²) in [5.41, 5.74) is 2.27. The van der Waals surface area contributed by atoms with Crippen molar-refractivity contribution in [1.29, 1.82) is 0 Å². The normalized spacial score (nSPS) is 19.0. The molecule has 1 fully saturated rings. The van der Waals surface area contributed by atoms with Crippen molar-refractivity contribution in [3.05, 3.63) is 53.9 Å². The molecule has 128 valence electrons. The van der Waals surface area contributed by atoms with Crippen LogP contribution in [0.4, 0.5) is 5.95 Å². The maximum absolute atomic E-state index is 9.35. The van der Waals surface area contributed by atoms with E-state index in [2.05, 4.69) is 32.3 Å². The summed E-state index contributed by atoms with van der Waals surface area (Å²) in [6, 6.07) is 10.2. The fourth-order valence-corrected chi connectivity index (χ4v) is 2.77. The van der Waals surface area contributed by atoms with Gasteiger partial charge in [-0.2, -0.15) is 0 Å². The molecule has 1 saturated heterocycles. The van der Waals surface area contributed by atoms with Crippen molar-refractivity contribution in [2.75, 3.05) is 38.2 Å². The second-order valence-electron chi connectivity index (χ2n) is 6.11. The lowest BCUT2D eigenvalue weighted by Crippen LogP contribution is -2.31. The molecular weight excluding hydrogens is 304 g/mol. The lowest BCUT2D eigenvalue weighted by molar-refractivity contribution is 0.0958. The molecule has 2 heterocycles. The minimum atomic E-state index is 0.162. The van der Waals surface area contributed by atoms with Crippen LogP contribution in [0.15, 0.2) is 42.7 Å². The first-order valence-corrected chi connectivity index (χ1v) is 8.33. The zero-order chi connectivity index (χ0) is 16.6. The van der Waals surface area contributed by atoms with Crippen LogP contribution in [0.1, 0.15) is 11.1 Å². The van der Waals surface area contributed by atoms with Crippen LogP contribution in [-0.2, 0) is 17.8 Å². The summed E-state index contributed by atoms with van der Waals surface area (Å²) in [5.74, 6) is 0.815. The standard InChI is InChI=1S/C18H24N4O2/c23-13-17-12-22(6-7-24-14-17)11-16-9-20-18(21-10-16)19-8-15-4-2-1-3-5-15/h1-5,9-10,17,23H,6-8,11-14H2,(H,19,20,21). The van der Waals surface area contributed by atoms with Crippen molar-refractivity contribution in [3.8, 4) is 0 Å². The number of aromatic nitrogens is 2. The van der Waals surface area contributed by atoms with Crippen molar-refractivity contribution >= 4 is 5.95 Å². The van der Waals surface area contributed by atoms with Crippen LogP contribution in [0.25, 0.3) is 0 Å². The first-order valence-electron chi connectivity index (χ1n) is 8.33. The number of anilines is 1. The van der Waals surface area contributed by atoms with Crippen molar-refractivity contribution < 1.29 is 9.84 Å². The van der Waals surface area contributed by atoms with E-state index in [0.29, 0.717) is 25.7 Å². The molecule has 6 heteroatoms. The summed E-state index contributed by atoms with van der Waals surface area (Å²) in [4.78, 5) is 11.1. The SMILES string of the molecule is OCC1COCCN(Cc2cnc(NCc3ccccc3)nc2)C1. The molecule has 0 aliphatic carbocycles. The van der Waals surface area contributed by atoms with Crippen LogP contribution in [0, 0.1) is 5.92 Å². The molecule has 6 nitrogen and oxygen atoms in total. The number of ether oxygens (including phenoxy) is 1. The van der Waals surface area contributed by atoms with Gasteiger partial charge in [-0.05, 0) is 5.56 Å². The Morgan fingerprint density at radius 2 is 1.96 bits per heavy atom. The van der Waals surface area contributed by atoms with E-state index in [4.69, 9.17) is 4.74 Å². The van der Waals surface area contributed by atoms with Crippen molar-refractivity contribution in [2.45, 2.75) is 13.1 Å². The van der Waals surface area contributed by atoms with Gasteiger partial charge in [-0.25, -0.2) is 9.97 Å². The van der Waals surface area contributed by atoms with E-state index in [1.807, 2.05) is 30.6 Å². The molecule has 0 spiro atoms. The predicted octanol–water partition coefficient (Wildman–Crippen LogP) is 1.53. The summed E-state index contributed by atoms with van der Waals surface area (Å²) in [5, 5.41) is 12.6. The topological polar surface area (TPSA) is 70.5 Å². The molecule has 0 radical (unpaired) electrons. The highest BCUT2D eigenvalue weighted by molar-refractivity contribution is 5.27. The van der Waals surface area contributed by atoms with Crippen LogP contribution in [0.5, 0.6) is 0 Å². The first kappa shape index (κ1) is 16.8. The molecule has 1 unspecified atom stereocenters. The molecule has 1 atom stereocenters. The lowest BCUT2D eigenvalue weighted by atomic mass is 10.1. The van der Waals surface area contributed by atoms with Crippen molar-refractivity contribution in [1.82, 2.24) is 14.9 Å². The first-order chi connectivity index (χ1) is 11.8. The smallest absolute Gasteiger partial charge is 0.222 e. The van der Waals surface area contributed by atoms with E-state index in [-0.39, 0.29) is 12.5 Å². The third-order valence-electron chi connectivity index (χ3n) is 4.08. The Hall–Kier alpha value is -2.02. The van der Waals surface area contributed by atoms with Gasteiger partial charge in [0.1, 0.15) is 0 Å². The van der Waals surface area contributed by atoms with E-state index < -0.39 is 0 Å². The monoisotopic (exact) mass is 328 g/mol. The van der Waals surface area contributed by atoms with Crippen LogP contribution >= 0.6 is 0 Å². The Kier molecular flexibility index (Phi) is 6.12. The molecule has 1 aromatic carbocycles. The minimum Gasteiger partial charge on any atom is -0.396 e. The van der Waals surface area contributed by atoms with Gasteiger partial charge in [-0.15, -0.1) is 0 Å². The number of rotatable bonds is 6. The van der Waals surface area contributed by atoms with Gasteiger partial charge >= 0.3 is 0 Å². The maximum atomic E-state index is 9.35. The average Bonchev–Trinajstić information content (AvgIpc) is 2.87. The van der Waals surface area contributed by atoms with Gasteiger partial charge in [0.2, 0.25) is 5.95 Å². The predicted molar refractivity (Wildman–Crippen MR) is 92.5 cm³/mol. The molecule has 2 aromatic rings. The van der Waals surface area contributed by atoms with Gasteiger partial charge < -0.3 is 15.2 Å². The Morgan fingerprint density at radius 1 is 1.17 bits per heavy atom. The van der Waals surface area contributed by atoms with Gasteiger partial charge in [0, 0.05) is 56.7 Å². The second kappa shape index (κ2) is 8.73. The number of benzene rings is 1. The Labute approximate surface area is 142 Å². The molecule has 1 aliphatic rings. The Balaban J connectivity index is 1.52. The molecule has 0 amide bonds. The number of hydrogen-bond donors (Lipinski definition) is 2. The van der Waals surface area contributed by atoms with Crippen LogP contribution in [0.2, 0.25) is 0 Å². The molecule has 24 heavy (non-hydrogen) atoms. The molecule has 0 saturated carbocycles. The second-order valence-corrected chi connectivity index (χ2v) is 6.11. The van der Waals surface area contributed by atoms with Crippen LogP contribution in [-0.4, -0.2) is 52.9 Å². The van der Waals surface area contributed by atoms with E-state index in [0.717, 1.165) is 25.2 Å². The summed E-state index contributed by atoms with van der Waals surface area (Å²) < 4.78 is 5.52. The highest BCUT2D eigenvalue weighted by Crippen LogP contribution is 2.11. The molecule has 3 rings (SSSR count). The van der Waals surface area contributed by atoms with E-state index in [1.54, 1.807) is 0 Å². The summed E-state index contributed by atoms with van der Waals surface area (Å²) in [7, 11) is 0. The molecule has 1 aliphatic heterocycles. The number of aliphatic hydroxyl groups is 1. The maximum Gasteiger partial charge on any atom is 0.222 e. The zero-order valence-electron chi connectivity index (χ0n) is 13.8.